The first-order valence-electron chi connectivity index (χ1n) is 4.25. The molecule has 1 N–H and O–H groups in total. The van der Waals surface area contributed by atoms with Crippen molar-refractivity contribution in [2.45, 2.75) is 20.0 Å². The second-order valence-electron chi connectivity index (χ2n) is 2.18. The summed E-state index contributed by atoms with van der Waals surface area (Å²) >= 11 is 0. The topological polar surface area (TPSA) is 24.9 Å². The van der Waals surface area contributed by atoms with Crippen LogP contribution in [0.4, 0.5) is 19.0 Å². The Bertz CT molecular complexity index is 254. The third-order valence-electron chi connectivity index (χ3n) is 1.35. The number of halogens is 3. The zero-order chi connectivity index (χ0) is 11.2. The molecular formula is C9H13F3N2. The third-order valence-corrected chi connectivity index (χ3v) is 1.35. The van der Waals surface area contributed by atoms with E-state index < -0.39 is 11.7 Å². The molecule has 0 aliphatic carbocycles. The Kier molecular flexibility index (Phi) is 4.97. The van der Waals surface area contributed by atoms with E-state index >= 15 is 0 Å². The van der Waals surface area contributed by atoms with Crippen molar-refractivity contribution in [3.8, 4) is 0 Å². The van der Waals surface area contributed by atoms with E-state index in [1.165, 1.54) is 6.07 Å². The molecule has 0 saturated heterocycles. The molecule has 1 heterocycles. The van der Waals surface area contributed by atoms with Crippen molar-refractivity contribution in [2.75, 3.05) is 12.4 Å². The van der Waals surface area contributed by atoms with E-state index in [2.05, 4.69) is 10.3 Å². The molecule has 0 aliphatic heterocycles. The van der Waals surface area contributed by atoms with Gasteiger partial charge in [0.05, 0.1) is 5.56 Å². The second kappa shape index (κ2) is 5.47. The highest BCUT2D eigenvalue weighted by atomic mass is 19.4. The maximum Gasteiger partial charge on any atom is 0.417 e. The molecule has 2 nitrogen and oxygen atoms in total. The highest BCUT2D eigenvalue weighted by Gasteiger charge is 2.30. The molecule has 0 bridgehead atoms. The standard InChI is InChI=1S/C7H7F3N2.C2H6/c1-11-6-3-2-5(4-12-6)7(8,9)10;1-2/h2-4H,1H3,(H,11,12);1-2H3. The molecule has 0 unspecified atom stereocenters. The molecule has 1 aromatic rings. The van der Waals surface area contributed by atoms with Crippen LogP contribution in [0.15, 0.2) is 18.3 Å². The predicted octanol–water partition coefficient (Wildman–Crippen LogP) is 3.17. The van der Waals surface area contributed by atoms with Gasteiger partial charge in [0.15, 0.2) is 0 Å². The van der Waals surface area contributed by atoms with Crippen LogP contribution in [0.25, 0.3) is 0 Å². The predicted molar refractivity (Wildman–Crippen MR) is 50.1 cm³/mol. The lowest BCUT2D eigenvalue weighted by molar-refractivity contribution is -0.137. The molecule has 80 valence electrons. The summed E-state index contributed by atoms with van der Waals surface area (Å²) in [6, 6.07) is 2.27. The minimum atomic E-state index is -4.31. The van der Waals surface area contributed by atoms with Gasteiger partial charge in [-0.05, 0) is 12.1 Å². The minimum absolute atomic E-state index is 0.419. The van der Waals surface area contributed by atoms with Crippen LogP contribution in [-0.4, -0.2) is 12.0 Å². The number of rotatable bonds is 1. The van der Waals surface area contributed by atoms with E-state index in [4.69, 9.17) is 0 Å². The van der Waals surface area contributed by atoms with Crippen LogP contribution in [0.3, 0.4) is 0 Å². The maximum atomic E-state index is 12.0. The average Bonchev–Trinajstić information content (AvgIpc) is 2.20. The van der Waals surface area contributed by atoms with Crippen LogP contribution in [-0.2, 0) is 6.18 Å². The van der Waals surface area contributed by atoms with Crippen molar-refractivity contribution < 1.29 is 13.2 Å². The molecule has 1 rings (SSSR count). The maximum absolute atomic E-state index is 12.0. The average molecular weight is 206 g/mol. The van der Waals surface area contributed by atoms with Crippen LogP contribution >= 0.6 is 0 Å². The zero-order valence-corrected chi connectivity index (χ0v) is 8.31. The molecular weight excluding hydrogens is 193 g/mol. The monoisotopic (exact) mass is 206 g/mol. The Morgan fingerprint density at radius 3 is 2.07 bits per heavy atom. The first-order valence-corrected chi connectivity index (χ1v) is 4.25. The fourth-order valence-electron chi connectivity index (χ4n) is 0.709. The van der Waals surface area contributed by atoms with Gasteiger partial charge in [-0.25, -0.2) is 4.98 Å². The van der Waals surface area contributed by atoms with Gasteiger partial charge in [-0.1, -0.05) is 13.8 Å². The molecule has 0 fully saturated rings. The molecule has 0 saturated carbocycles. The van der Waals surface area contributed by atoms with Crippen LogP contribution in [0, 0.1) is 0 Å². The molecule has 0 radical (unpaired) electrons. The lowest BCUT2D eigenvalue weighted by Crippen LogP contribution is -2.05. The third kappa shape index (κ3) is 3.64. The Hall–Kier alpha value is -1.26. The first kappa shape index (κ1) is 12.7. The number of hydrogen-bond acceptors (Lipinski definition) is 2. The Morgan fingerprint density at radius 1 is 1.21 bits per heavy atom. The van der Waals surface area contributed by atoms with Crippen LogP contribution in [0.5, 0.6) is 0 Å². The van der Waals surface area contributed by atoms with Crippen molar-refractivity contribution in [2.24, 2.45) is 0 Å². The summed E-state index contributed by atoms with van der Waals surface area (Å²) in [4.78, 5) is 3.53. The molecule has 5 heteroatoms. The van der Waals surface area contributed by atoms with E-state index in [0.717, 1.165) is 12.3 Å². The number of nitrogens with zero attached hydrogens (tertiary/aromatic N) is 1. The lowest BCUT2D eigenvalue weighted by atomic mass is 10.3. The van der Waals surface area contributed by atoms with Gasteiger partial charge in [0.25, 0.3) is 0 Å². The highest BCUT2D eigenvalue weighted by molar-refractivity contribution is 5.35. The summed E-state index contributed by atoms with van der Waals surface area (Å²) in [5.74, 6) is 0.419. The molecule has 0 spiro atoms. The van der Waals surface area contributed by atoms with E-state index in [1.807, 2.05) is 13.8 Å². The smallest absolute Gasteiger partial charge is 0.373 e. The molecule has 1 aromatic heterocycles. The van der Waals surface area contributed by atoms with Crippen molar-refractivity contribution in [1.29, 1.82) is 0 Å². The van der Waals surface area contributed by atoms with Gasteiger partial charge < -0.3 is 5.32 Å². The van der Waals surface area contributed by atoms with Crippen molar-refractivity contribution >= 4 is 5.82 Å². The Balaban J connectivity index is 0.000000791. The van der Waals surface area contributed by atoms with Gasteiger partial charge in [-0.2, -0.15) is 13.2 Å². The van der Waals surface area contributed by atoms with Crippen LogP contribution in [0.2, 0.25) is 0 Å². The quantitative estimate of drug-likeness (QED) is 0.763. The lowest BCUT2D eigenvalue weighted by Gasteiger charge is -2.05. The molecule has 0 amide bonds. The molecule has 0 aliphatic rings. The largest absolute Gasteiger partial charge is 0.417 e. The number of alkyl halides is 3. The Labute approximate surface area is 81.2 Å². The first-order chi connectivity index (χ1) is 6.54. The molecule has 14 heavy (non-hydrogen) atoms. The van der Waals surface area contributed by atoms with Gasteiger partial charge in [0.1, 0.15) is 5.82 Å². The summed E-state index contributed by atoms with van der Waals surface area (Å²) in [7, 11) is 1.59. The SMILES string of the molecule is CC.CNc1ccc(C(F)(F)F)cn1. The number of pyridine rings is 1. The summed E-state index contributed by atoms with van der Waals surface area (Å²) in [5, 5.41) is 2.63. The normalized spacial score (nSPS) is 10.1. The summed E-state index contributed by atoms with van der Waals surface area (Å²) in [6.07, 6.45) is -3.51. The fraction of sp³-hybridized carbons (Fsp3) is 0.444. The van der Waals surface area contributed by atoms with E-state index in [-0.39, 0.29) is 0 Å². The number of aromatic nitrogens is 1. The minimum Gasteiger partial charge on any atom is -0.373 e. The van der Waals surface area contributed by atoms with Crippen molar-refractivity contribution in [3.05, 3.63) is 23.9 Å². The highest BCUT2D eigenvalue weighted by Crippen LogP contribution is 2.28. The fourth-order valence-corrected chi connectivity index (χ4v) is 0.709. The molecule has 0 atom stereocenters. The van der Waals surface area contributed by atoms with Gasteiger partial charge in [-0.3, -0.25) is 0 Å². The van der Waals surface area contributed by atoms with Crippen LogP contribution in [0.1, 0.15) is 19.4 Å². The molecule has 0 aromatic carbocycles. The van der Waals surface area contributed by atoms with Gasteiger partial charge in [0, 0.05) is 13.2 Å². The zero-order valence-electron chi connectivity index (χ0n) is 8.31. The van der Waals surface area contributed by atoms with Gasteiger partial charge >= 0.3 is 6.18 Å². The number of nitrogens with one attached hydrogen (secondary N) is 1. The van der Waals surface area contributed by atoms with E-state index in [0.29, 0.717) is 5.82 Å². The summed E-state index contributed by atoms with van der Waals surface area (Å²) in [5.41, 5.74) is -0.735. The number of anilines is 1. The van der Waals surface area contributed by atoms with Gasteiger partial charge in [-0.15, -0.1) is 0 Å². The van der Waals surface area contributed by atoms with E-state index in [1.54, 1.807) is 7.05 Å². The van der Waals surface area contributed by atoms with E-state index in [9.17, 15) is 13.2 Å². The summed E-state index contributed by atoms with van der Waals surface area (Å²) in [6.45, 7) is 4.00. The van der Waals surface area contributed by atoms with Crippen molar-refractivity contribution in [3.63, 3.8) is 0 Å². The van der Waals surface area contributed by atoms with Gasteiger partial charge in [0.2, 0.25) is 0 Å². The second-order valence-corrected chi connectivity index (χ2v) is 2.18. The summed E-state index contributed by atoms with van der Waals surface area (Å²) < 4.78 is 35.9. The van der Waals surface area contributed by atoms with Crippen molar-refractivity contribution in [1.82, 2.24) is 4.98 Å². The Morgan fingerprint density at radius 2 is 1.79 bits per heavy atom. The number of hydrogen-bond donors (Lipinski definition) is 1. The van der Waals surface area contributed by atoms with Crippen LogP contribution < -0.4 is 5.32 Å².